The molecule has 0 unspecified atom stereocenters. The molecule has 1 aromatic rings. The fourth-order valence-corrected chi connectivity index (χ4v) is 1.29. The first-order valence-corrected chi connectivity index (χ1v) is 4.19. The number of carbonyl (C=O) groups excluding carboxylic acids is 1. The lowest BCUT2D eigenvalue weighted by Gasteiger charge is -1.98. The summed E-state index contributed by atoms with van der Waals surface area (Å²) in [5, 5.41) is 0.499. The Hall–Kier alpha value is -0.700. The van der Waals surface area contributed by atoms with Gasteiger partial charge in [-0.05, 0) is 23.8 Å². The topological polar surface area (TPSA) is 17.1 Å². The van der Waals surface area contributed by atoms with Gasteiger partial charge in [-0.15, -0.1) is 0 Å². The van der Waals surface area contributed by atoms with Gasteiger partial charge >= 0.3 is 0 Å². The lowest BCUT2D eigenvalue weighted by molar-refractivity contribution is 0.112. The van der Waals surface area contributed by atoms with Crippen molar-refractivity contribution in [3.05, 3.63) is 35.1 Å². The van der Waals surface area contributed by atoms with Gasteiger partial charge < -0.3 is 0 Å². The van der Waals surface area contributed by atoms with Crippen molar-refractivity contribution in [3.8, 4) is 0 Å². The Morgan fingerprint density at radius 2 is 2.27 bits per heavy atom. The van der Waals surface area contributed by atoms with Crippen molar-refractivity contribution in [2.75, 3.05) is 0 Å². The molecule has 0 N–H and O–H groups in total. The lowest BCUT2D eigenvalue weighted by atomic mass is 10.1. The molecule has 0 aromatic heterocycles. The third-order valence-corrected chi connectivity index (χ3v) is 1.98. The summed E-state index contributed by atoms with van der Waals surface area (Å²) in [5.74, 6) is -0.315. The van der Waals surface area contributed by atoms with Crippen LogP contribution in [0.15, 0.2) is 18.2 Å². The van der Waals surface area contributed by atoms with Crippen molar-refractivity contribution < 1.29 is 9.18 Å². The van der Waals surface area contributed by atoms with Crippen LogP contribution >= 0.6 is 15.9 Å². The highest BCUT2D eigenvalue weighted by molar-refractivity contribution is 9.08. The average molecular weight is 217 g/mol. The van der Waals surface area contributed by atoms with Gasteiger partial charge in [0.25, 0.3) is 0 Å². The largest absolute Gasteiger partial charge is 0.298 e. The molecule has 0 saturated carbocycles. The van der Waals surface area contributed by atoms with Crippen LogP contribution in [0.1, 0.15) is 15.9 Å². The van der Waals surface area contributed by atoms with Crippen LogP contribution in [0.2, 0.25) is 0 Å². The van der Waals surface area contributed by atoms with Crippen LogP contribution in [0, 0.1) is 5.82 Å². The fraction of sp³-hybridized carbons (Fsp3) is 0.125. The summed E-state index contributed by atoms with van der Waals surface area (Å²) in [5.41, 5.74) is 1.21. The van der Waals surface area contributed by atoms with E-state index in [0.29, 0.717) is 16.5 Å². The van der Waals surface area contributed by atoms with Crippen LogP contribution in [0.3, 0.4) is 0 Å². The highest BCUT2D eigenvalue weighted by Crippen LogP contribution is 2.12. The van der Waals surface area contributed by atoms with Crippen LogP contribution < -0.4 is 0 Å². The van der Waals surface area contributed by atoms with E-state index >= 15 is 0 Å². The second-order valence-electron chi connectivity index (χ2n) is 2.09. The molecule has 0 radical (unpaired) electrons. The van der Waals surface area contributed by atoms with E-state index in [1.54, 1.807) is 0 Å². The van der Waals surface area contributed by atoms with Gasteiger partial charge in [-0.25, -0.2) is 4.39 Å². The molecule has 11 heavy (non-hydrogen) atoms. The molecule has 0 amide bonds. The Bertz CT molecular complexity index is 273. The molecule has 58 valence electrons. The molecule has 1 aromatic carbocycles. The molecule has 0 saturated heterocycles. The molecule has 0 atom stereocenters. The molecule has 0 fully saturated rings. The summed E-state index contributed by atoms with van der Waals surface area (Å²) < 4.78 is 12.5. The Morgan fingerprint density at radius 3 is 2.82 bits per heavy atom. The summed E-state index contributed by atoms with van der Waals surface area (Å²) >= 11 is 3.16. The normalized spacial score (nSPS) is 9.64. The van der Waals surface area contributed by atoms with Crippen LogP contribution in [0.25, 0.3) is 0 Å². The molecule has 0 spiro atoms. The van der Waals surface area contributed by atoms with E-state index in [1.165, 1.54) is 18.2 Å². The van der Waals surface area contributed by atoms with E-state index in [4.69, 9.17) is 0 Å². The number of alkyl halides is 1. The minimum Gasteiger partial charge on any atom is -0.298 e. The molecule has 1 rings (SSSR count). The first-order valence-electron chi connectivity index (χ1n) is 3.07. The Kier molecular flexibility index (Phi) is 2.76. The molecule has 0 aliphatic rings. The molecule has 1 nitrogen and oxygen atoms in total. The molecular weight excluding hydrogens is 211 g/mol. The van der Waals surface area contributed by atoms with Crippen molar-refractivity contribution >= 4 is 22.2 Å². The Morgan fingerprint density at radius 1 is 1.55 bits per heavy atom. The maximum absolute atomic E-state index is 12.5. The van der Waals surface area contributed by atoms with Gasteiger partial charge in [-0.2, -0.15) is 0 Å². The molecule has 0 aliphatic heterocycles. The predicted octanol–water partition coefficient (Wildman–Crippen LogP) is 2.53. The van der Waals surface area contributed by atoms with Gasteiger partial charge in [0.1, 0.15) is 12.1 Å². The van der Waals surface area contributed by atoms with Crippen molar-refractivity contribution in [1.82, 2.24) is 0 Å². The maximum atomic E-state index is 12.5. The van der Waals surface area contributed by atoms with Gasteiger partial charge in [0.05, 0.1) is 0 Å². The Labute approximate surface area is 72.4 Å². The number of hydrogen-bond donors (Lipinski definition) is 0. The number of rotatable bonds is 2. The average Bonchev–Trinajstić information content (AvgIpc) is 2.04. The zero-order valence-corrected chi connectivity index (χ0v) is 7.27. The van der Waals surface area contributed by atoms with Gasteiger partial charge in [0, 0.05) is 10.9 Å². The number of benzene rings is 1. The van der Waals surface area contributed by atoms with Crippen LogP contribution in [-0.4, -0.2) is 6.29 Å². The SMILES string of the molecule is O=Cc1ccc(F)cc1CBr. The molecule has 0 bridgehead atoms. The third kappa shape index (κ3) is 1.87. The summed E-state index contributed by atoms with van der Waals surface area (Å²) in [4.78, 5) is 10.4. The van der Waals surface area contributed by atoms with Crippen molar-refractivity contribution in [2.24, 2.45) is 0 Å². The van der Waals surface area contributed by atoms with Gasteiger partial charge in [0.15, 0.2) is 0 Å². The smallest absolute Gasteiger partial charge is 0.150 e. The van der Waals surface area contributed by atoms with E-state index in [9.17, 15) is 9.18 Å². The number of aldehydes is 1. The maximum Gasteiger partial charge on any atom is 0.150 e. The zero-order valence-electron chi connectivity index (χ0n) is 5.68. The summed E-state index contributed by atoms with van der Waals surface area (Å²) in [7, 11) is 0. The van der Waals surface area contributed by atoms with Crippen LogP contribution in [0.5, 0.6) is 0 Å². The third-order valence-electron chi connectivity index (χ3n) is 1.38. The van der Waals surface area contributed by atoms with Crippen molar-refractivity contribution in [2.45, 2.75) is 5.33 Å². The Balaban J connectivity index is 3.16. The quantitative estimate of drug-likeness (QED) is 0.549. The van der Waals surface area contributed by atoms with Crippen LogP contribution in [0.4, 0.5) is 4.39 Å². The summed E-state index contributed by atoms with van der Waals surface area (Å²) in [6.07, 6.45) is 0.718. The highest BCUT2D eigenvalue weighted by Gasteiger charge is 2.00. The van der Waals surface area contributed by atoms with E-state index in [0.717, 1.165) is 6.29 Å². The number of halogens is 2. The summed E-state index contributed by atoms with van der Waals surface area (Å²) in [6, 6.07) is 4.09. The molecular formula is C8H6BrFO. The van der Waals surface area contributed by atoms with E-state index < -0.39 is 0 Å². The molecule has 3 heteroatoms. The van der Waals surface area contributed by atoms with E-state index in [1.807, 2.05) is 0 Å². The molecule has 0 heterocycles. The van der Waals surface area contributed by atoms with E-state index in [2.05, 4.69) is 15.9 Å². The van der Waals surface area contributed by atoms with E-state index in [-0.39, 0.29) is 5.82 Å². The minimum absolute atomic E-state index is 0.315. The molecule has 0 aliphatic carbocycles. The first-order chi connectivity index (χ1) is 5.27. The zero-order chi connectivity index (χ0) is 8.27. The summed E-state index contributed by atoms with van der Waals surface area (Å²) in [6.45, 7) is 0. The first kappa shape index (κ1) is 8.40. The minimum atomic E-state index is -0.315. The van der Waals surface area contributed by atoms with Crippen molar-refractivity contribution in [3.63, 3.8) is 0 Å². The number of carbonyl (C=O) groups is 1. The monoisotopic (exact) mass is 216 g/mol. The van der Waals surface area contributed by atoms with Gasteiger partial charge in [0.2, 0.25) is 0 Å². The number of hydrogen-bond acceptors (Lipinski definition) is 1. The fourth-order valence-electron chi connectivity index (χ4n) is 0.805. The lowest BCUT2D eigenvalue weighted by Crippen LogP contribution is -1.89. The second-order valence-corrected chi connectivity index (χ2v) is 2.66. The van der Waals surface area contributed by atoms with Gasteiger partial charge in [-0.1, -0.05) is 15.9 Å². The van der Waals surface area contributed by atoms with Crippen molar-refractivity contribution in [1.29, 1.82) is 0 Å². The second kappa shape index (κ2) is 3.62. The predicted molar refractivity (Wildman–Crippen MR) is 44.4 cm³/mol. The highest BCUT2D eigenvalue weighted by atomic mass is 79.9. The standard InChI is InChI=1S/C8H6BrFO/c9-4-7-3-8(10)2-1-6(7)5-11/h1-3,5H,4H2. The van der Waals surface area contributed by atoms with Crippen LogP contribution in [-0.2, 0) is 5.33 Å². The van der Waals surface area contributed by atoms with Gasteiger partial charge in [-0.3, -0.25) is 4.79 Å².